The first kappa shape index (κ1) is 18.1. The number of carboxylic acids is 1. The number of benzene rings is 2. The molecule has 2 aliphatic heterocycles. The Bertz CT molecular complexity index is 1070. The van der Waals surface area contributed by atoms with Crippen LogP contribution in [-0.4, -0.2) is 26.1 Å². The van der Waals surface area contributed by atoms with Gasteiger partial charge in [-0.1, -0.05) is 30.3 Å². The van der Waals surface area contributed by atoms with E-state index in [1.165, 1.54) is 23.2 Å². The van der Waals surface area contributed by atoms with Crippen molar-refractivity contribution in [1.29, 1.82) is 0 Å². The number of aliphatic hydroxyl groups is 1. The lowest BCUT2D eigenvalue weighted by atomic mass is 10.1. The van der Waals surface area contributed by atoms with Crippen LogP contribution in [0.25, 0.3) is 0 Å². The number of hydrogen-bond donors (Lipinski definition) is 3. The molecule has 2 aromatic rings. The van der Waals surface area contributed by atoms with Crippen LogP contribution in [0, 0.1) is 10.1 Å². The van der Waals surface area contributed by atoms with Crippen molar-refractivity contribution < 1.29 is 24.7 Å². The van der Waals surface area contributed by atoms with E-state index in [1.807, 2.05) is 30.3 Å². The van der Waals surface area contributed by atoms with Crippen molar-refractivity contribution in [3.8, 4) is 5.75 Å². The predicted molar refractivity (Wildman–Crippen MR) is 103 cm³/mol. The fraction of sp³-hybridized carbons (Fsp3) is 0.0500. The number of nitrogens with zero attached hydrogens (tertiary/aromatic N) is 2. The number of nitro groups is 1. The maximum absolute atomic E-state index is 11.8. The quantitative estimate of drug-likeness (QED) is 0.480. The Hall–Kier alpha value is -4.27. The van der Waals surface area contributed by atoms with E-state index in [4.69, 9.17) is 4.74 Å². The molecule has 9 heteroatoms. The molecule has 0 fully saturated rings. The van der Waals surface area contributed by atoms with Gasteiger partial charge >= 0.3 is 5.97 Å². The molecule has 2 aromatic carbocycles. The van der Waals surface area contributed by atoms with Crippen molar-refractivity contribution in [2.75, 3.05) is 5.43 Å². The molecule has 0 unspecified atom stereocenters. The summed E-state index contributed by atoms with van der Waals surface area (Å²) in [5.74, 6) is -1.32. The van der Waals surface area contributed by atoms with Crippen LogP contribution >= 0.6 is 0 Å². The van der Waals surface area contributed by atoms with E-state index < -0.39 is 16.6 Å². The van der Waals surface area contributed by atoms with Gasteiger partial charge in [0, 0.05) is 0 Å². The summed E-state index contributed by atoms with van der Waals surface area (Å²) in [5, 5.41) is 32.5. The smallest absolute Gasteiger partial charge is 0.338 e. The average molecular weight is 393 g/mol. The highest BCUT2D eigenvalue weighted by atomic mass is 16.6. The minimum Gasteiger partial charge on any atom is -0.506 e. The first-order valence-electron chi connectivity index (χ1n) is 8.56. The number of aliphatic hydroxyl groups excluding tert-OH is 1. The highest BCUT2D eigenvalue weighted by Crippen LogP contribution is 2.39. The second-order valence-corrected chi connectivity index (χ2v) is 6.32. The van der Waals surface area contributed by atoms with E-state index in [2.05, 4.69) is 5.43 Å². The molecule has 146 valence electrons. The lowest BCUT2D eigenvalue weighted by Gasteiger charge is -2.38. The van der Waals surface area contributed by atoms with E-state index in [0.29, 0.717) is 11.4 Å². The molecule has 2 aliphatic rings. The van der Waals surface area contributed by atoms with Gasteiger partial charge in [-0.25, -0.2) is 4.79 Å². The Morgan fingerprint density at radius 1 is 1.21 bits per heavy atom. The molecule has 0 saturated carbocycles. The SMILES string of the molecule is O=C(O)c1cc(OCc2ccccc2)cc([N+](=O)[O-])c1NN1c2ccc(O)c1c2. The van der Waals surface area contributed by atoms with Crippen molar-refractivity contribution >= 4 is 17.3 Å². The van der Waals surface area contributed by atoms with Crippen molar-refractivity contribution in [3.63, 3.8) is 0 Å². The van der Waals surface area contributed by atoms with Gasteiger partial charge in [0.05, 0.1) is 22.3 Å². The predicted octanol–water partition coefficient (Wildman–Crippen LogP) is 3.74. The van der Waals surface area contributed by atoms with Gasteiger partial charge in [0.25, 0.3) is 5.69 Å². The van der Waals surface area contributed by atoms with Gasteiger partial charge in [0.2, 0.25) is 0 Å². The standard InChI is InChI=1S/C20H15N3O6/c24-18-7-6-13-8-16(18)22(13)21-19-15(20(25)26)9-14(10-17(19)23(27)28)29-11-12-4-2-1-3-5-12/h1-10,21,24H,11H2,(H,25,26). The number of carboxylic acid groups (broad SMARTS) is 1. The van der Waals surface area contributed by atoms with Crippen LogP contribution in [0.1, 0.15) is 15.9 Å². The molecule has 0 aliphatic carbocycles. The first-order valence-corrected chi connectivity index (χ1v) is 8.56. The second-order valence-electron chi connectivity index (χ2n) is 6.32. The van der Waals surface area contributed by atoms with Crippen LogP contribution in [0.2, 0.25) is 0 Å². The molecule has 0 amide bonds. The fourth-order valence-corrected chi connectivity index (χ4v) is 2.99. The molecule has 0 spiro atoms. The summed E-state index contributed by atoms with van der Waals surface area (Å²) in [6.45, 7) is 0.133. The number of nitro benzene ring substituents is 1. The number of anilines is 1. The normalized spacial score (nSPS) is 14.2. The molecule has 2 heterocycles. The number of ether oxygens (including phenoxy) is 1. The zero-order chi connectivity index (χ0) is 20.5. The third kappa shape index (κ3) is 3.36. The average Bonchev–Trinajstić information content (AvgIpc) is 2.70. The minimum atomic E-state index is -1.35. The van der Waals surface area contributed by atoms with Gasteiger partial charge in [0.1, 0.15) is 29.5 Å². The second kappa shape index (κ2) is 7.04. The van der Waals surface area contributed by atoms with Gasteiger partial charge < -0.3 is 14.9 Å². The lowest BCUT2D eigenvalue weighted by Crippen LogP contribution is -2.38. The van der Waals surface area contributed by atoms with Crippen LogP contribution in [-0.2, 0) is 6.61 Å². The number of nitrogens with one attached hydrogen (secondary N) is 1. The Balaban J connectivity index is 1.66. The molecule has 0 saturated heterocycles. The molecular weight excluding hydrogens is 378 g/mol. The lowest BCUT2D eigenvalue weighted by molar-refractivity contribution is -0.384. The number of allylic oxidation sites excluding steroid dienone is 3. The fourth-order valence-electron chi connectivity index (χ4n) is 2.99. The van der Waals surface area contributed by atoms with Gasteiger partial charge in [-0.15, -0.1) is 0 Å². The summed E-state index contributed by atoms with van der Waals surface area (Å²) < 4.78 is 5.58. The highest BCUT2D eigenvalue weighted by Gasteiger charge is 2.33. The number of rotatable bonds is 7. The summed E-state index contributed by atoms with van der Waals surface area (Å²) in [5.41, 5.74) is 3.60. The summed E-state index contributed by atoms with van der Waals surface area (Å²) >= 11 is 0. The summed E-state index contributed by atoms with van der Waals surface area (Å²) in [7, 11) is 0. The number of hydrazine groups is 1. The molecule has 3 N–H and O–H groups in total. The zero-order valence-electron chi connectivity index (χ0n) is 14.9. The van der Waals surface area contributed by atoms with E-state index in [0.717, 1.165) is 5.56 Å². The summed E-state index contributed by atoms with van der Waals surface area (Å²) in [4.78, 5) is 22.7. The third-order valence-corrected chi connectivity index (χ3v) is 4.45. The molecule has 0 atom stereocenters. The molecule has 0 radical (unpaired) electrons. The topological polar surface area (TPSA) is 125 Å². The third-order valence-electron chi connectivity index (χ3n) is 4.45. The van der Waals surface area contributed by atoms with Crippen LogP contribution in [0.3, 0.4) is 0 Å². The number of carbonyl (C=O) groups is 1. The monoisotopic (exact) mass is 393 g/mol. The molecule has 9 nitrogen and oxygen atoms in total. The van der Waals surface area contributed by atoms with Crippen molar-refractivity contribution in [1.82, 2.24) is 5.01 Å². The van der Waals surface area contributed by atoms with Gasteiger partial charge in [0.15, 0.2) is 0 Å². The number of hydrogen-bond acceptors (Lipinski definition) is 7. The van der Waals surface area contributed by atoms with E-state index in [-0.39, 0.29) is 29.4 Å². The number of aromatic carboxylic acids is 1. The van der Waals surface area contributed by atoms with E-state index in [9.17, 15) is 25.1 Å². The maximum atomic E-state index is 11.8. The van der Waals surface area contributed by atoms with E-state index >= 15 is 0 Å². The molecule has 29 heavy (non-hydrogen) atoms. The van der Waals surface area contributed by atoms with Crippen LogP contribution < -0.4 is 10.2 Å². The Morgan fingerprint density at radius 3 is 2.59 bits per heavy atom. The Kier molecular flexibility index (Phi) is 4.40. The van der Waals surface area contributed by atoms with E-state index in [1.54, 1.807) is 12.2 Å². The molecule has 4 rings (SSSR count). The number of fused-ring (bicyclic) bond motifs is 2. The molecule has 2 bridgehead atoms. The van der Waals surface area contributed by atoms with Crippen LogP contribution in [0.4, 0.5) is 11.4 Å². The van der Waals surface area contributed by atoms with Crippen molar-refractivity contribution in [2.24, 2.45) is 0 Å². The Morgan fingerprint density at radius 2 is 1.97 bits per heavy atom. The minimum absolute atomic E-state index is 0.0326. The van der Waals surface area contributed by atoms with Crippen molar-refractivity contribution in [2.45, 2.75) is 6.61 Å². The van der Waals surface area contributed by atoms with Gasteiger partial charge in [-0.05, 0) is 29.9 Å². The van der Waals surface area contributed by atoms with Crippen LogP contribution in [0.5, 0.6) is 5.75 Å². The summed E-state index contributed by atoms with van der Waals surface area (Å²) in [6.07, 6.45) is 4.74. The highest BCUT2D eigenvalue weighted by molar-refractivity contribution is 5.97. The van der Waals surface area contributed by atoms with Crippen molar-refractivity contribution in [3.05, 3.63) is 99.1 Å². The zero-order valence-corrected chi connectivity index (χ0v) is 14.9. The maximum Gasteiger partial charge on any atom is 0.338 e. The van der Waals surface area contributed by atoms with Gasteiger partial charge in [-0.2, -0.15) is 0 Å². The first-order chi connectivity index (χ1) is 13.9. The van der Waals surface area contributed by atoms with Gasteiger partial charge in [-0.3, -0.25) is 20.5 Å². The largest absolute Gasteiger partial charge is 0.506 e. The molecule has 0 aromatic heterocycles. The molecular formula is C20H15N3O6. The Labute approximate surface area is 164 Å². The summed E-state index contributed by atoms with van der Waals surface area (Å²) in [6, 6.07) is 11.6. The van der Waals surface area contributed by atoms with Crippen LogP contribution in [0.15, 0.2) is 77.8 Å².